The van der Waals surface area contributed by atoms with Gasteiger partial charge in [0, 0.05) is 0 Å². The lowest BCUT2D eigenvalue weighted by molar-refractivity contribution is 0.0531. The van der Waals surface area contributed by atoms with Crippen molar-refractivity contribution in [2.45, 2.75) is 38.5 Å². The van der Waals surface area contributed by atoms with E-state index >= 15 is 0 Å². The van der Waals surface area contributed by atoms with Crippen molar-refractivity contribution in [3.05, 3.63) is 83.2 Å². The minimum atomic E-state index is -1.36. The standard InChI is InChI=1S/C20H23N3O2/c1-19(2,24)18-17(20(3,25)16-12-8-5-9-13-16)21-22-23(18)14-15-10-6-4-7-11-15/h4-13,24-25H,14H2,1-3H3/t20-/m1/s1. The fourth-order valence-electron chi connectivity index (χ4n) is 3.01. The van der Waals surface area contributed by atoms with Crippen LogP contribution in [-0.4, -0.2) is 25.2 Å². The van der Waals surface area contributed by atoms with Gasteiger partial charge in [-0.05, 0) is 31.9 Å². The molecule has 3 rings (SSSR count). The highest BCUT2D eigenvalue weighted by Crippen LogP contribution is 2.34. The molecule has 5 nitrogen and oxygen atoms in total. The van der Waals surface area contributed by atoms with E-state index < -0.39 is 11.2 Å². The summed E-state index contributed by atoms with van der Waals surface area (Å²) in [4.78, 5) is 0. The first kappa shape index (κ1) is 17.3. The molecule has 25 heavy (non-hydrogen) atoms. The summed E-state index contributed by atoms with van der Waals surface area (Å²) in [6, 6.07) is 19.1. The Labute approximate surface area is 147 Å². The van der Waals surface area contributed by atoms with Crippen molar-refractivity contribution in [2.24, 2.45) is 0 Å². The molecule has 130 valence electrons. The number of aliphatic hydroxyl groups is 2. The fourth-order valence-corrected chi connectivity index (χ4v) is 3.01. The zero-order valence-corrected chi connectivity index (χ0v) is 14.7. The van der Waals surface area contributed by atoms with E-state index in [-0.39, 0.29) is 0 Å². The van der Waals surface area contributed by atoms with Crippen LogP contribution in [0.15, 0.2) is 60.7 Å². The predicted octanol–water partition coefficient (Wildman–Crippen LogP) is 2.81. The van der Waals surface area contributed by atoms with E-state index in [9.17, 15) is 10.2 Å². The Bertz CT molecular complexity index is 834. The van der Waals surface area contributed by atoms with E-state index in [2.05, 4.69) is 10.3 Å². The highest BCUT2D eigenvalue weighted by atomic mass is 16.3. The lowest BCUT2D eigenvalue weighted by atomic mass is 9.87. The van der Waals surface area contributed by atoms with Crippen LogP contribution in [0, 0.1) is 0 Å². The van der Waals surface area contributed by atoms with Crippen molar-refractivity contribution in [3.63, 3.8) is 0 Å². The van der Waals surface area contributed by atoms with Crippen LogP contribution in [0.5, 0.6) is 0 Å². The molecule has 0 aliphatic heterocycles. The lowest BCUT2D eigenvalue weighted by Gasteiger charge is -2.27. The second-order valence-corrected chi connectivity index (χ2v) is 6.93. The zero-order valence-electron chi connectivity index (χ0n) is 14.7. The van der Waals surface area contributed by atoms with Gasteiger partial charge in [0.05, 0.1) is 12.2 Å². The molecule has 0 aliphatic carbocycles. The zero-order chi connectivity index (χ0) is 18.1. The number of hydrogen-bond donors (Lipinski definition) is 2. The maximum atomic E-state index is 11.2. The Balaban J connectivity index is 2.09. The third-order valence-corrected chi connectivity index (χ3v) is 4.29. The maximum Gasteiger partial charge on any atom is 0.133 e. The predicted molar refractivity (Wildman–Crippen MR) is 95.9 cm³/mol. The van der Waals surface area contributed by atoms with E-state index in [4.69, 9.17) is 0 Å². The topological polar surface area (TPSA) is 71.2 Å². The van der Waals surface area contributed by atoms with Gasteiger partial charge >= 0.3 is 0 Å². The Kier molecular flexibility index (Phi) is 4.45. The number of benzene rings is 2. The summed E-state index contributed by atoms with van der Waals surface area (Å²) in [5, 5.41) is 30.3. The number of nitrogens with zero attached hydrogens (tertiary/aromatic N) is 3. The van der Waals surface area contributed by atoms with Gasteiger partial charge in [-0.25, -0.2) is 4.68 Å². The van der Waals surface area contributed by atoms with Gasteiger partial charge in [-0.3, -0.25) is 0 Å². The highest BCUT2D eigenvalue weighted by Gasteiger charge is 2.38. The van der Waals surface area contributed by atoms with Crippen LogP contribution in [-0.2, 0) is 17.7 Å². The van der Waals surface area contributed by atoms with Crippen molar-refractivity contribution in [3.8, 4) is 0 Å². The normalized spacial score (nSPS) is 14.3. The van der Waals surface area contributed by atoms with Crippen LogP contribution in [0.25, 0.3) is 0 Å². The third-order valence-electron chi connectivity index (χ3n) is 4.29. The summed E-state index contributed by atoms with van der Waals surface area (Å²) < 4.78 is 1.65. The van der Waals surface area contributed by atoms with Crippen LogP contribution < -0.4 is 0 Å². The monoisotopic (exact) mass is 337 g/mol. The second-order valence-electron chi connectivity index (χ2n) is 6.93. The molecule has 0 spiro atoms. The number of rotatable bonds is 5. The van der Waals surface area contributed by atoms with Gasteiger partial charge in [0.2, 0.25) is 0 Å². The van der Waals surface area contributed by atoms with Gasteiger partial charge in [-0.1, -0.05) is 65.9 Å². The fraction of sp³-hybridized carbons (Fsp3) is 0.300. The molecule has 0 unspecified atom stereocenters. The van der Waals surface area contributed by atoms with Crippen molar-refractivity contribution in [1.82, 2.24) is 15.0 Å². The van der Waals surface area contributed by atoms with Crippen molar-refractivity contribution >= 4 is 0 Å². The molecule has 5 heteroatoms. The molecule has 2 aromatic carbocycles. The molecular formula is C20H23N3O2. The molecule has 0 fully saturated rings. The summed E-state index contributed by atoms with van der Waals surface area (Å²) in [5.41, 5.74) is 0.0566. The first-order valence-electron chi connectivity index (χ1n) is 8.29. The summed E-state index contributed by atoms with van der Waals surface area (Å²) in [7, 11) is 0. The average Bonchev–Trinajstić information content (AvgIpc) is 3.01. The molecule has 0 aliphatic rings. The van der Waals surface area contributed by atoms with E-state index in [0.717, 1.165) is 5.56 Å². The molecular weight excluding hydrogens is 314 g/mol. The van der Waals surface area contributed by atoms with Crippen LogP contribution in [0.3, 0.4) is 0 Å². The smallest absolute Gasteiger partial charge is 0.133 e. The van der Waals surface area contributed by atoms with Crippen LogP contribution in [0.1, 0.15) is 43.3 Å². The molecule has 0 saturated carbocycles. The van der Waals surface area contributed by atoms with Crippen molar-refractivity contribution in [1.29, 1.82) is 0 Å². The first-order chi connectivity index (χ1) is 11.8. The quantitative estimate of drug-likeness (QED) is 0.751. The van der Waals surface area contributed by atoms with Gasteiger partial charge in [0.15, 0.2) is 0 Å². The second kappa shape index (κ2) is 6.43. The van der Waals surface area contributed by atoms with E-state index in [0.29, 0.717) is 23.5 Å². The Morgan fingerprint density at radius 1 is 0.880 bits per heavy atom. The maximum absolute atomic E-state index is 11.2. The lowest BCUT2D eigenvalue weighted by Crippen LogP contribution is -2.31. The van der Waals surface area contributed by atoms with E-state index in [1.807, 2.05) is 60.7 Å². The summed E-state index contributed by atoms with van der Waals surface area (Å²) in [6.07, 6.45) is 0. The van der Waals surface area contributed by atoms with Gasteiger partial charge in [0.1, 0.15) is 16.9 Å². The van der Waals surface area contributed by atoms with E-state index in [1.54, 1.807) is 25.5 Å². The van der Waals surface area contributed by atoms with Gasteiger partial charge < -0.3 is 10.2 Å². The Morgan fingerprint density at radius 3 is 2.00 bits per heavy atom. The highest BCUT2D eigenvalue weighted by molar-refractivity contribution is 5.35. The Hall–Kier alpha value is -2.50. The summed E-state index contributed by atoms with van der Waals surface area (Å²) in [6.45, 7) is 5.50. The molecule has 1 heterocycles. The first-order valence-corrected chi connectivity index (χ1v) is 8.29. The largest absolute Gasteiger partial charge is 0.384 e. The minimum Gasteiger partial charge on any atom is -0.384 e. The van der Waals surface area contributed by atoms with E-state index in [1.165, 1.54) is 0 Å². The molecule has 3 aromatic rings. The average molecular weight is 337 g/mol. The molecule has 1 aromatic heterocycles. The minimum absolute atomic E-state index is 0.363. The molecule has 0 amide bonds. The van der Waals surface area contributed by atoms with Gasteiger partial charge in [-0.15, -0.1) is 5.10 Å². The van der Waals surface area contributed by atoms with Gasteiger partial charge in [0.25, 0.3) is 0 Å². The van der Waals surface area contributed by atoms with Crippen LogP contribution in [0.2, 0.25) is 0 Å². The van der Waals surface area contributed by atoms with Crippen LogP contribution in [0.4, 0.5) is 0 Å². The molecule has 2 N–H and O–H groups in total. The molecule has 0 bridgehead atoms. The van der Waals surface area contributed by atoms with Crippen molar-refractivity contribution in [2.75, 3.05) is 0 Å². The van der Waals surface area contributed by atoms with Crippen molar-refractivity contribution < 1.29 is 10.2 Å². The SMILES string of the molecule is CC(C)(O)c1c([C@](C)(O)c2ccccc2)nnn1Cc1ccccc1. The number of hydrogen-bond acceptors (Lipinski definition) is 4. The summed E-state index contributed by atoms with van der Waals surface area (Å²) >= 11 is 0. The third kappa shape index (κ3) is 3.48. The van der Waals surface area contributed by atoms with Crippen LogP contribution >= 0.6 is 0 Å². The molecule has 1 atom stereocenters. The number of aromatic nitrogens is 3. The summed E-state index contributed by atoms with van der Waals surface area (Å²) in [5.74, 6) is 0. The Morgan fingerprint density at radius 2 is 1.44 bits per heavy atom. The molecule has 0 radical (unpaired) electrons. The molecule has 0 saturated heterocycles. The van der Waals surface area contributed by atoms with Gasteiger partial charge in [-0.2, -0.15) is 0 Å².